The molecule has 3 heterocycles. The molecule has 1 aromatic rings. The summed E-state index contributed by atoms with van der Waals surface area (Å²) in [6, 6.07) is 4.24. The van der Waals surface area contributed by atoms with Crippen LogP contribution >= 0.6 is 0 Å². The second kappa shape index (κ2) is 6.75. The van der Waals surface area contributed by atoms with Crippen molar-refractivity contribution in [1.29, 1.82) is 0 Å². The lowest BCUT2D eigenvalue weighted by Crippen LogP contribution is -2.49. The molecule has 0 spiro atoms. The number of carbonyl (C=O) groups is 1. The fourth-order valence-electron chi connectivity index (χ4n) is 3.17. The Hall–Kier alpha value is -1.46. The first-order valence-electron chi connectivity index (χ1n) is 8.32. The Bertz CT molecular complexity index is 537. The molecule has 1 fully saturated rings. The molecular weight excluding hydrogens is 276 g/mol. The number of nitrogens with zero attached hydrogens (tertiary/aromatic N) is 4. The Morgan fingerprint density at radius 2 is 1.95 bits per heavy atom. The standard InChI is InChI=1S/C17H26N4O/c1-3-15-5-4-14-12-21(7-6-16(14)18-15)17(22)13-20-10-8-19(2)9-11-20/h4-5H,3,6-13H2,1-2H3. The van der Waals surface area contributed by atoms with Crippen molar-refractivity contribution in [2.45, 2.75) is 26.3 Å². The molecular formula is C17H26N4O. The van der Waals surface area contributed by atoms with Crippen LogP contribution < -0.4 is 0 Å². The van der Waals surface area contributed by atoms with Gasteiger partial charge in [0.05, 0.1) is 6.54 Å². The third kappa shape index (κ3) is 3.47. The van der Waals surface area contributed by atoms with E-state index in [1.54, 1.807) is 0 Å². The van der Waals surface area contributed by atoms with Gasteiger partial charge in [-0.2, -0.15) is 0 Å². The van der Waals surface area contributed by atoms with Crippen LogP contribution in [-0.4, -0.2) is 71.9 Å². The van der Waals surface area contributed by atoms with E-state index in [0.29, 0.717) is 6.54 Å². The van der Waals surface area contributed by atoms with Crippen molar-refractivity contribution in [3.8, 4) is 0 Å². The zero-order valence-corrected chi connectivity index (χ0v) is 13.7. The molecule has 1 amide bonds. The van der Waals surface area contributed by atoms with Crippen molar-refractivity contribution in [3.05, 3.63) is 29.1 Å². The lowest BCUT2D eigenvalue weighted by molar-refractivity contribution is -0.133. The zero-order chi connectivity index (χ0) is 15.5. The predicted octanol–water partition coefficient (Wildman–Crippen LogP) is 0.776. The molecule has 0 N–H and O–H groups in total. The molecule has 0 atom stereocenters. The molecule has 1 aromatic heterocycles. The molecule has 120 valence electrons. The Labute approximate surface area is 132 Å². The number of fused-ring (bicyclic) bond motifs is 1. The lowest BCUT2D eigenvalue weighted by Gasteiger charge is -2.34. The zero-order valence-electron chi connectivity index (χ0n) is 13.7. The van der Waals surface area contributed by atoms with Crippen LogP contribution in [0, 0.1) is 0 Å². The number of rotatable bonds is 3. The molecule has 0 saturated carbocycles. The first-order chi connectivity index (χ1) is 10.7. The van der Waals surface area contributed by atoms with Crippen LogP contribution in [0.15, 0.2) is 12.1 Å². The average molecular weight is 302 g/mol. The van der Waals surface area contributed by atoms with E-state index in [9.17, 15) is 4.79 Å². The molecule has 2 aliphatic rings. The third-order valence-electron chi connectivity index (χ3n) is 4.78. The van der Waals surface area contributed by atoms with E-state index in [0.717, 1.165) is 57.8 Å². The highest BCUT2D eigenvalue weighted by Gasteiger charge is 2.24. The minimum absolute atomic E-state index is 0.259. The van der Waals surface area contributed by atoms with Gasteiger partial charge in [-0.1, -0.05) is 13.0 Å². The van der Waals surface area contributed by atoms with Gasteiger partial charge in [0.2, 0.25) is 5.91 Å². The van der Waals surface area contributed by atoms with E-state index in [4.69, 9.17) is 4.98 Å². The maximum Gasteiger partial charge on any atom is 0.237 e. The van der Waals surface area contributed by atoms with Gasteiger partial charge in [-0.15, -0.1) is 0 Å². The molecule has 0 radical (unpaired) electrons. The van der Waals surface area contributed by atoms with Crippen LogP contribution in [0.1, 0.15) is 23.9 Å². The van der Waals surface area contributed by atoms with Crippen molar-refractivity contribution in [2.24, 2.45) is 0 Å². The molecule has 0 unspecified atom stereocenters. The van der Waals surface area contributed by atoms with Gasteiger partial charge >= 0.3 is 0 Å². The average Bonchev–Trinajstić information content (AvgIpc) is 2.56. The summed E-state index contributed by atoms with van der Waals surface area (Å²) in [5.41, 5.74) is 3.55. The summed E-state index contributed by atoms with van der Waals surface area (Å²) in [6.07, 6.45) is 1.86. The predicted molar refractivity (Wildman–Crippen MR) is 86.7 cm³/mol. The Kier molecular flexibility index (Phi) is 4.74. The summed E-state index contributed by atoms with van der Waals surface area (Å²) in [5.74, 6) is 0.259. The molecule has 0 bridgehead atoms. The van der Waals surface area contributed by atoms with Crippen molar-refractivity contribution in [3.63, 3.8) is 0 Å². The second-order valence-corrected chi connectivity index (χ2v) is 6.41. The Morgan fingerprint density at radius 1 is 1.18 bits per heavy atom. The van der Waals surface area contributed by atoms with Gasteiger partial charge in [0.1, 0.15) is 0 Å². The minimum Gasteiger partial charge on any atom is -0.337 e. The summed E-state index contributed by atoms with van der Waals surface area (Å²) >= 11 is 0. The SMILES string of the molecule is CCc1ccc2c(n1)CCN(C(=O)CN1CCN(C)CC1)C2. The monoisotopic (exact) mass is 302 g/mol. The largest absolute Gasteiger partial charge is 0.337 e. The number of hydrogen-bond acceptors (Lipinski definition) is 4. The topological polar surface area (TPSA) is 39.7 Å². The number of pyridine rings is 1. The van der Waals surface area contributed by atoms with Gasteiger partial charge < -0.3 is 9.80 Å². The number of aromatic nitrogens is 1. The van der Waals surface area contributed by atoms with E-state index in [-0.39, 0.29) is 5.91 Å². The summed E-state index contributed by atoms with van der Waals surface area (Å²) < 4.78 is 0. The fraction of sp³-hybridized carbons (Fsp3) is 0.647. The highest BCUT2D eigenvalue weighted by atomic mass is 16.2. The number of piperazine rings is 1. The van der Waals surface area contributed by atoms with Crippen molar-refractivity contribution in [2.75, 3.05) is 46.3 Å². The van der Waals surface area contributed by atoms with Crippen LogP contribution in [0.3, 0.4) is 0 Å². The van der Waals surface area contributed by atoms with E-state index in [2.05, 4.69) is 35.9 Å². The van der Waals surface area contributed by atoms with E-state index in [1.807, 2.05) is 4.90 Å². The number of hydrogen-bond donors (Lipinski definition) is 0. The van der Waals surface area contributed by atoms with E-state index in [1.165, 1.54) is 11.3 Å². The van der Waals surface area contributed by atoms with Crippen LogP contribution in [0.2, 0.25) is 0 Å². The van der Waals surface area contributed by atoms with Gasteiger partial charge in [0.15, 0.2) is 0 Å². The van der Waals surface area contributed by atoms with Gasteiger partial charge in [-0.3, -0.25) is 14.7 Å². The maximum atomic E-state index is 12.5. The smallest absolute Gasteiger partial charge is 0.237 e. The molecule has 22 heavy (non-hydrogen) atoms. The minimum atomic E-state index is 0.259. The summed E-state index contributed by atoms with van der Waals surface area (Å²) in [6.45, 7) is 8.31. The van der Waals surface area contributed by atoms with Crippen molar-refractivity contribution < 1.29 is 4.79 Å². The highest BCUT2D eigenvalue weighted by molar-refractivity contribution is 5.78. The number of aryl methyl sites for hydroxylation is 1. The molecule has 0 aromatic carbocycles. The van der Waals surface area contributed by atoms with Gasteiger partial charge in [0, 0.05) is 57.1 Å². The lowest BCUT2D eigenvalue weighted by atomic mass is 10.0. The molecule has 0 aliphatic carbocycles. The Morgan fingerprint density at radius 3 is 2.68 bits per heavy atom. The van der Waals surface area contributed by atoms with Crippen molar-refractivity contribution in [1.82, 2.24) is 19.7 Å². The van der Waals surface area contributed by atoms with Crippen LogP contribution in [0.25, 0.3) is 0 Å². The quantitative estimate of drug-likeness (QED) is 0.827. The molecule has 5 heteroatoms. The van der Waals surface area contributed by atoms with Gasteiger partial charge in [0.25, 0.3) is 0 Å². The van der Waals surface area contributed by atoms with Gasteiger partial charge in [-0.25, -0.2) is 0 Å². The summed E-state index contributed by atoms with van der Waals surface area (Å²) in [5, 5.41) is 0. The number of amides is 1. The summed E-state index contributed by atoms with van der Waals surface area (Å²) in [4.78, 5) is 23.8. The van der Waals surface area contributed by atoms with Gasteiger partial charge in [-0.05, 0) is 25.1 Å². The normalized spacial score (nSPS) is 20.0. The molecule has 2 aliphatic heterocycles. The fourth-order valence-corrected chi connectivity index (χ4v) is 3.17. The van der Waals surface area contributed by atoms with E-state index >= 15 is 0 Å². The first-order valence-corrected chi connectivity index (χ1v) is 8.32. The second-order valence-electron chi connectivity index (χ2n) is 6.41. The molecule has 3 rings (SSSR count). The van der Waals surface area contributed by atoms with E-state index < -0.39 is 0 Å². The Balaban J connectivity index is 1.58. The number of carbonyl (C=O) groups excluding carboxylic acids is 1. The van der Waals surface area contributed by atoms with Crippen LogP contribution in [0.4, 0.5) is 0 Å². The van der Waals surface area contributed by atoms with Crippen LogP contribution in [0.5, 0.6) is 0 Å². The van der Waals surface area contributed by atoms with Crippen LogP contribution in [-0.2, 0) is 24.2 Å². The third-order valence-corrected chi connectivity index (χ3v) is 4.78. The first kappa shape index (κ1) is 15.4. The maximum absolute atomic E-state index is 12.5. The molecule has 1 saturated heterocycles. The number of likely N-dealkylation sites (N-methyl/N-ethyl adjacent to an activating group) is 1. The molecule has 5 nitrogen and oxygen atoms in total. The highest BCUT2D eigenvalue weighted by Crippen LogP contribution is 2.18. The summed E-state index contributed by atoms with van der Waals surface area (Å²) in [7, 11) is 2.14. The van der Waals surface area contributed by atoms with Crippen molar-refractivity contribution >= 4 is 5.91 Å².